The first-order valence-electron chi connectivity index (χ1n) is 21.2. The molecule has 3 aromatic rings. The molecular weight excluding hydrogens is 863 g/mol. The third-order valence-corrected chi connectivity index (χ3v) is 11.3. The van der Waals surface area contributed by atoms with Crippen molar-refractivity contribution in [2.45, 2.75) is 55.4 Å². The van der Waals surface area contributed by atoms with Crippen molar-refractivity contribution in [3.05, 3.63) is 124 Å². The first-order chi connectivity index (χ1) is 32.1. The minimum Gasteiger partial charge on any atom is -0.494 e. The van der Waals surface area contributed by atoms with Crippen LogP contribution in [-0.4, -0.2) is 62.6 Å². The van der Waals surface area contributed by atoms with Gasteiger partial charge in [-0.05, 0) is 103 Å². The largest absolute Gasteiger partial charge is 0.494 e. The van der Waals surface area contributed by atoms with Crippen molar-refractivity contribution >= 4 is 39.3 Å². The normalized spacial score (nSPS) is 11.0. The molecule has 346 valence electrons. The van der Waals surface area contributed by atoms with Crippen LogP contribution >= 0.6 is 0 Å². The van der Waals surface area contributed by atoms with E-state index in [0.29, 0.717) is 109 Å². The molecule has 0 spiro atoms. The number of fused-ring (bicyclic) bond motifs is 6. The predicted octanol–water partition coefficient (Wildman–Crippen LogP) is 9.34. The molecule has 3 aliphatic heterocycles. The van der Waals surface area contributed by atoms with Gasteiger partial charge in [0, 0.05) is 39.9 Å². The first kappa shape index (κ1) is 47.0. The number of benzene rings is 6. The lowest BCUT2D eigenvalue weighted by molar-refractivity contribution is 0.0600. The molecule has 0 radical (unpaired) electrons. The molecular formula is C51H49N3O13. The standard InChI is InChI=1S/C17H15NO5.C17H17NO5.C17H17NO3/c1-8-14(19)9(2)16-13(15(8)21-3)18-11-6-5-10(17(20)22-4)7-12(11)23-16;1-5-22-10-6-7-11-12(8-10)23-15-9(2)14(19)17(21-4)16(20-3)13(15)18-11;1-5-20-12-6-7-13-14(8-12)21-17-11(4)16(19)10(3)9(2)15(17)18-13/h5-7H,1-4H3;6-8H,5H2,1-4H3;6-8H,5H2,1-4H3. The second-order valence-electron chi connectivity index (χ2n) is 15.3. The third-order valence-electron chi connectivity index (χ3n) is 11.3. The van der Waals surface area contributed by atoms with Gasteiger partial charge in [0.25, 0.3) is 0 Å². The Morgan fingerprint density at radius 2 is 0.896 bits per heavy atom. The Labute approximate surface area is 384 Å². The van der Waals surface area contributed by atoms with Gasteiger partial charge in [0.1, 0.15) is 39.4 Å². The smallest absolute Gasteiger partial charge is 0.337 e. The van der Waals surface area contributed by atoms with Crippen molar-refractivity contribution in [1.82, 2.24) is 15.0 Å². The molecule has 0 unspecified atom stereocenters. The van der Waals surface area contributed by atoms with E-state index in [1.165, 1.54) is 28.4 Å². The van der Waals surface area contributed by atoms with Crippen LogP contribution in [0, 0.1) is 41.5 Å². The number of aromatic nitrogens is 3. The van der Waals surface area contributed by atoms with Gasteiger partial charge in [-0.3, -0.25) is 14.4 Å². The Morgan fingerprint density at radius 1 is 0.478 bits per heavy atom. The van der Waals surface area contributed by atoms with Crippen molar-refractivity contribution < 1.29 is 46.5 Å². The van der Waals surface area contributed by atoms with E-state index in [1.54, 1.807) is 58.0 Å². The Kier molecular flexibility index (Phi) is 13.5. The number of methoxy groups -OCH3 is 4. The molecule has 3 heterocycles. The van der Waals surface area contributed by atoms with Crippen molar-refractivity contribution in [3.63, 3.8) is 0 Å². The van der Waals surface area contributed by atoms with Crippen molar-refractivity contribution in [2.75, 3.05) is 41.7 Å². The van der Waals surface area contributed by atoms with Crippen LogP contribution in [0.2, 0.25) is 0 Å². The average molecular weight is 912 g/mol. The summed E-state index contributed by atoms with van der Waals surface area (Å²) in [6.45, 7) is 15.5. The molecule has 16 nitrogen and oxygen atoms in total. The quantitative estimate of drug-likeness (QED) is 0.103. The van der Waals surface area contributed by atoms with Gasteiger partial charge < -0.3 is 41.7 Å². The predicted molar refractivity (Wildman–Crippen MR) is 252 cm³/mol. The number of nitrogens with zero attached hydrogens (tertiary/aromatic N) is 3. The molecule has 0 bridgehead atoms. The van der Waals surface area contributed by atoms with Gasteiger partial charge in [-0.15, -0.1) is 0 Å². The lowest BCUT2D eigenvalue weighted by Gasteiger charge is -2.15. The summed E-state index contributed by atoms with van der Waals surface area (Å²) >= 11 is 0. The van der Waals surface area contributed by atoms with Crippen LogP contribution in [-0.2, 0) is 4.74 Å². The second-order valence-corrected chi connectivity index (χ2v) is 15.3. The zero-order chi connectivity index (χ0) is 48.4. The highest BCUT2D eigenvalue weighted by Crippen LogP contribution is 2.40. The van der Waals surface area contributed by atoms with Gasteiger partial charge in [-0.2, -0.15) is 0 Å². The Morgan fingerprint density at radius 3 is 1.37 bits per heavy atom. The van der Waals surface area contributed by atoms with Crippen molar-refractivity contribution in [2.24, 2.45) is 0 Å². The Balaban J connectivity index is 0.000000149. The van der Waals surface area contributed by atoms with Crippen LogP contribution in [0.5, 0.6) is 28.7 Å². The minimum absolute atomic E-state index is 0.0193. The fourth-order valence-electron chi connectivity index (χ4n) is 7.60. The van der Waals surface area contributed by atoms with E-state index in [1.807, 2.05) is 52.0 Å². The Bertz CT molecular complexity index is 3440. The third kappa shape index (κ3) is 8.65. The van der Waals surface area contributed by atoms with Crippen LogP contribution in [0.3, 0.4) is 0 Å². The molecule has 16 heteroatoms. The summed E-state index contributed by atoms with van der Waals surface area (Å²) in [7, 11) is 5.69. The lowest BCUT2D eigenvalue weighted by atomic mass is 9.99. The highest BCUT2D eigenvalue weighted by atomic mass is 16.5. The van der Waals surface area contributed by atoms with E-state index in [4.69, 9.17) is 41.7 Å². The molecule has 67 heavy (non-hydrogen) atoms. The maximum atomic E-state index is 12.4. The summed E-state index contributed by atoms with van der Waals surface area (Å²) in [6, 6.07) is 15.8. The van der Waals surface area contributed by atoms with E-state index in [9.17, 15) is 19.2 Å². The molecule has 3 aliphatic carbocycles. The summed E-state index contributed by atoms with van der Waals surface area (Å²) in [6.07, 6.45) is 0. The maximum absolute atomic E-state index is 12.4. The van der Waals surface area contributed by atoms with Gasteiger partial charge in [-0.1, -0.05) is 0 Å². The number of rotatable bonds is 8. The van der Waals surface area contributed by atoms with Crippen LogP contribution in [0.4, 0.5) is 0 Å². The van der Waals surface area contributed by atoms with Gasteiger partial charge in [0.05, 0.1) is 47.2 Å². The lowest BCUT2D eigenvalue weighted by Crippen LogP contribution is -2.14. The first-order valence-corrected chi connectivity index (χ1v) is 21.2. The second kappa shape index (κ2) is 19.2. The number of carbonyl (C=O) groups excluding carboxylic acids is 1. The molecule has 0 amide bonds. The molecule has 0 N–H and O–H groups in total. The molecule has 0 atom stereocenters. The number of hydrogen-bond acceptors (Lipinski definition) is 16. The highest BCUT2D eigenvalue weighted by molar-refractivity contribution is 5.93. The van der Waals surface area contributed by atoms with E-state index >= 15 is 0 Å². The molecule has 0 saturated heterocycles. The highest BCUT2D eigenvalue weighted by Gasteiger charge is 2.27. The van der Waals surface area contributed by atoms with Gasteiger partial charge >= 0.3 is 5.97 Å². The van der Waals surface area contributed by atoms with E-state index in [2.05, 4.69) is 15.0 Å². The molecule has 9 rings (SSSR count). The van der Waals surface area contributed by atoms with Crippen molar-refractivity contribution in [1.29, 1.82) is 0 Å². The van der Waals surface area contributed by atoms with E-state index < -0.39 is 5.97 Å². The maximum Gasteiger partial charge on any atom is 0.337 e. The summed E-state index contributed by atoms with van der Waals surface area (Å²) in [4.78, 5) is 62.2. The monoisotopic (exact) mass is 911 g/mol. The van der Waals surface area contributed by atoms with Gasteiger partial charge in [0.15, 0.2) is 62.1 Å². The van der Waals surface area contributed by atoms with Crippen LogP contribution in [0.15, 0.2) is 82.2 Å². The van der Waals surface area contributed by atoms with Crippen LogP contribution in [0.1, 0.15) is 57.6 Å². The molecule has 0 saturated carbocycles. The average Bonchev–Trinajstić information content (AvgIpc) is 3.34. The van der Waals surface area contributed by atoms with Crippen LogP contribution < -0.4 is 40.0 Å². The van der Waals surface area contributed by atoms with Gasteiger partial charge in [-0.25, -0.2) is 19.7 Å². The van der Waals surface area contributed by atoms with E-state index in [-0.39, 0.29) is 27.8 Å². The molecule has 6 aliphatic rings. The topological polar surface area (TPSA) is 202 Å². The summed E-state index contributed by atoms with van der Waals surface area (Å²) in [5, 5.41) is 0. The van der Waals surface area contributed by atoms with Gasteiger partial charge in [0.2, 0.25) is 11.2 Å². The van der Waals surface area contributed by atoms with Crippen molar-refractivity contribution in [3.8, 4) is 63.1 Å². The summed E-state index contributed by atoms with van der Waals surface area (Å²) in [5.41, 5.74) is 8.73. The minimum atomic E-state index is -0.468. The zero-order valence-corrected chi connectivity index (χ0v) is 39.3. The van der Waals surface area contributed by atoms with E-state index in [0.717, 1.165) is 28.1 Å². The summed E-state index contributed by atoms with van der Waals surface area (Å²) < 4.78 is 49.2. The SMILES string of the molecule is CCOc1ccc2nc3c(C)c(C)c(=O)c(C)c-3oc2c1.CCOc1ccc2nc3c(OC)c(OC)c(=O)c(C)c-3oc2c1.COC(=O)c1ccc2nc3c(OC)c(C)c(=O)c(C)c-3oc2c1. The number of hydrogen-bond donors (Lipinski definition) is 0. The number of ether oxygens (including phenoxy) is 6. The Hall–Kier alpha value is -8.01. The summed E-state index contributed by atoms with van der Waals surface area (Å²) in [5.74, 6) is 3.06. The molecule has 0 fully saturated rings. The molecule has 0 aromatic heterocycles. The molecule has 3 aromatic carbocycles. The van der Waals surface area contributed by atoms with Crippen LogP contribution in [0.25, 0.3) is 67.7 Å². The zero-order valence-electron chi connectivity index (χ0n) is 39.3. The number of carbonyl (C=O) groups is 1. The fraction of sp³-hybridized carbons (Fsp3) is 0.275. The fourth-order valence-corrected chi connectivity index (χ4v) is 7.60. The number of esters is 1.